The highest BCUT2D eigenvalue weighted by molar-refractivity contribution is 5.69. The highest BCUT2D eigenvalue weighted by Crippen LogP contribution is 2.16. The number of ether oxygens (including phenoxy) is 2. The van der Waals surface area contributed by atoms with Crippen LogP contribution >= 0.6 is 0 Å². The van der Waals surface area contributed by atoms with Gasteiger partial charge in [-0.05, 0) is 56.4 Å². The Morgan fingerprint density at radius 3 is 2.25 bits per heavy atom. The summed E-state index contributed by atoms with van der Waals surface area (Å²) in [7, 11) is 0. The molecule has 0 unspecified atom stereocenters. The number of hydrogen-bond donors (Lipinski definition) is 0. The van der Waals surface area contributed by atoms with E-state index in [0.717, 1.165) is 25.0 Å². The lowest BCUT2D eigenvalue weighted by Gasteiger charge is -2.08. The Balaban J connectivity index is 1.70. The molecule has 0 amide bonds. The number of benzene rings is 2. The normalized spacial score (nSPS) is 10.4. The second-order valence-electron chi connectivity index (χ2n) is 5.93. The number of carbonyl (C=O) groups is 1. The Kier molecular flexibility index (Phi) is 7.34. The van der Waals surface area contributed by atoms with Gasteiger partial charge in [-0.2, -0.15) is 0 Å². The zero-order chi connectivity index (χ0) is 17.2. The van der Waals surface area contributed by atoms with Crippen LogP contribution in [0.25, 0.3) is 0 Å². The van der Waals surface area contributed by atoms with Crippen LogP contribution in [0.2, 0.25) is 0 Å². The molecule has 0 bridgehead atoms. The average Bonchev–Trinajstić information content (AvgIpc) is 2.59. The van der Waals surface area contributed by atoms with Crippen LogP contribution in [-0.4, -0.2) is 12.6 Å². The zero-order valence-corrected chi connectivity index (χ0v) is 14.6. The van der Waals surface area contributed by atoms with Crippen LogP contribution in [-0.2, 0) is 22.6 Å². The first-order valence-corrected chi connectivity index (χ1v) is 8.60. The first-order chi connectivity index (χ1) is 11.7. The topological polar surface area (TPSA) is 35.5 Å². The van der Waals surface area contributed by atoms with E-state index in [1.54, 1.807) is 0 Å². The van der Waals surface area contributed by atoms with E-state index < -0.39 is 0 Å². The highest BCUT2D eigenvalue weighted by atomic mass is 16.5. The van der Waals surface area contributed by atoms with Crippen LogP contribution in [0.3, 0.4) is 0 Å². The van der Waals surface area contributed by atoms with E-state index in [4.69, 9.17) is 9.47 Å². The molecule has 0 aromatic heterocycles. The van der Waals surface area contributed by atoms with Crippen LogP contribution in [0.1, 0.15) is 42.9 Å². The number of unbranched alkanes of at least 4 members (excludes halogenated alkanes) is 1. The molecule has 0 atom stereocenters. The number of aryl methyl sites for hydroxylation is 2. The number of hydrogen-bond acceptors (Lipinski definition) is 3. The fraction of sp³-hybridized carbons (Fsp3) is 0.381. The summed E-state index contributed by atoms with van der Waals surface area (Å²) in [5.41, 5.74) is 3.69. The van der Waals surface area contributed by atoms with Crippen molar-refractivity contribution in [1.82, 2.24) is 0 Å². The van der Waals surface area contributed by atoms with Crippen molar-refractivity contribution < 1.29 is 14.3 Å². The van der Waals surface area contributed by atoms with Crippen molar-refractivity contribution in [2.75, 3.05) is 6.61 Å². The van der Waals surface area contributed by atoms with Gasteiger partial charge in [-0.3, -0.25) is 4.79 Å². The maximum absolute atomic E-state index is 11.3. The molecule has 0 aliphatic heterocycles. The smallest absolute Gasteiger partial charge is 0.305 e. The minimum Gasteiger partial charge on any atom is -0.489 e. The summed E-state index contributed by atoms with van der Waals surface area (Å²) < 4.78 is 10.7. The lowest BCUT2D eigenvalue weighted by molar-refractivity contribution is -0.143. The predicted octanol–water partition coefficient (Wildman–Crippen LogP) is 4.85. The standard InChI is InChI=1S/C21H26O3/c1-3-23-21(22)7-5-4-6-18-12-14-20(15-13-18)24-16-19-10-8-17(2)9-11-19/h8-15H,3-7,16H2,1-2H3. The lowest BCUT2D eigenvalue weighted by Crippen LogP contribution is -2.03. The molecule has 0 saturated heterocycles. The fourth-order valence-corrected chi connectivity index (χ4v) is 2.43. The van der Waals surface area contributed by atoms with Crippen LogP contribution in [0.4, 0.5) is 0 Å². The molecule has 2 aromatic carbocycles. The first-order valence-electron chi connectivity index (χ1n) is 8.60. The third-order valence-corrected chi connectivity index (χ3v) is 3.85. The van der Waals surface area contributed by atoms with Crippen molar-refractivity contribution in [3.05, 3.63) is 65.2 Å². The summed E-state index contributed by atoms with van der Waals surface area (Å²) in [6.07, 6.45) is 3.33. The van der Waals surface area contributed by atoms with Gasteiger partial charge in [0.2, 0.25) is 0 Å². The van der Waals surface area contributed by atoms with Gasteiger partial charge in [-0.25, -0.2) is 0 Å². The predicted molar refractivity (Wildman–Crippen MR) is 96.1 cm³/mol. The molecule has 24 heavy (non-hydrogen) atoms. The summed E-state index contributed by atoms with van der Waals surface area (Å²) in [4.78, 5) is 11.3. The molecule has 3 nitrogen and oxygen atoms in total. The van der Waals surface area contributed by atoms with Crippen molar-refractivity contribution in [3.8, 4) is 5.75 Å². The van der Waals surface area contributed by atoms with Crippen molar-refractivity contribution in [1.29, 1.82) is 0 Å². The molecular formula is C21H26O3. The average molecular weight is 326 g/mol. The largest absolute Gasteiger partial charge is 0.489 e. The van der Waals surface area contributed by atoms with E-state index in [1.165, 1.54) is 16.7 Å². The molecule has 128 valence electrons. The molecule has 0 spiro atoms. The number of rotatable bonds is 9. The maximum atomic E-state index is 11.3. The van der Waals surface area contributed by atoms with E-state index in [9.17, 15) is 4.79 Å². The van der Waals surface area contributed by atoms with Crippen LogP contribution < -0.4 is 4.74 Å². The van der Waals surface area contributed by atoms with Gasteiger partial charge in [0.05, 0.1) is 6.61 Å². The van der Waals surface area contributed by atoms with Gasteiger partial charge in [0, 0.05) is 6.42 Å². The minimum atomic E-state index is -0.0997. The molecule has 0 heterocycles. The van der Waals surface area contributed by atoms with Gasteiger partial charge >= 0.3 is 5.97 Å². The van der Waals surface area contributed by atoms with E-state index >= 15 is 0 Å². The Morgan fingerprint density at radius 1 is 0.917 bits per heavy atom. The zero-order valence-electron chi connectivity index (χ0n) is 14.6. The second kappa shape index (κ2) is 9.76. The van der Waals surface area contributed by atoms with Crippen molar-refractivity contribution in [3.63, 3.8) is 0 Å². The summed E-state index contributed by atoms with van der Waals surface area (Å²) in [6, 6.07) is 16.6. The Hall–Kier alpha value is -2.29. The molecule has 0 fully saturated rings. The van der Waals surface area contributed by atoms with E-state index in [0.29, 0.717) is 19.6 Å². The second-order valence-corrected chi connectivity index (χ2v) is 5.93. The van der Waals surface area contributed by atoms with Crippen LogP contribution in [0.5, 0.6) is 5.75 Å². The Labute approximate surface area is 144 Å². The molecule has 0 N–H and O–H groups in total. The van der Waals surface area contributed by atoms with Crippen LogP contribution in [0.15, 0.2) is 48.5 Å². The van der Waals surface area contributed by atoms with Gasteiger partial charge < -0.3 is 9.47 Å². The summed E-state index contributed by atoms with van der Waals surface area (Å²) in [6.45, 7) is 4.96. The van der Waals surface area contributed by atoms with E-state index in [1.807, 2.05) is 19.1 Å². The molecule has 2 aromatic rings. The Morgan fingerprint density at radius 2 is 1.58 bits per heavy atom. The molecular weight excluding hydrogens is 300 g/mol. The van der Waals surface area contributed by atoms with E-state index in [2.05, 4.69) is 43.3 Å². The first kappa shape index (κ1) is 18.1. The van der Waals surface area contributed by atoms with E-state index in [-0.39, 0.29) is 5.97 Å². The summed E-state index contributed by atoms with van der Waals surface area (Å²) in [5.74, 6) is 0.781. The van der Waals surface area contributed by atoms with Crippen LogP contribution in [0, 0.1) is 6.92 Å². The minimum absolute atomic E-state index is 0.0997. The molecule has 0 radical (unpaired) electrons. The quantitative estimate of drug-likeness (QED) is 0.488. The Bertz CT molecular complexity index is 615. The highest BCUT2D eigenvalue weighted by Gasteiger charge is 2.02. The molecule has 0 saturated carbocycles. The fourth-order valence-electron chi connectivity index (χ4n) is 2.43. The lowest BCUT2D eigenvalue weighted by atomic mass is 10.1. The van der Waals surface area contributed by atoms with Gasteiger partial charge in [-0.1, -0.05) is 42.0 Å². The molecule has 2 rings (SSSR count). The summed E-state index contributed by atoms with van der Waals surface area (Å²) >= 11 is 0. The summed E-state index contributed by atoms with van der Waals surface area (Å²) in [5, 5.41) is 0. The maximum Gasteiger partial charge on any atom is 0.305 e. The van der Waals surface area contributed by atoms with Crippen molar-refractivity contribution in [2.24, 2.45) is 0 Å². The SMILES string of the molecule is CCOC(=O)CCCCc1ccc(OCc2ccc(C)cc2)cc1. The van der Waals surface area contributed by atoms with Crippen molar-refractivity contribution >= 4 is 5.97 Å². The van der Waals surface area contributed by atoms with Gasteiger partial charge in [0.25, 0.3) is 0 Å². The third-order valence-electron chi connectivity index (χ3n) is 3.85. The molecule has 0 aliphatic carbocycles. The third kappa shape index (κ3) is 6.45. The van der Waals surface area contributed by atoms with Gasteiger partial charge in [-0.15, -0.1) is 0 Å². The van der Waals surface area contributed by atoms with Gasteiger partial charge in [0.1, 0.15) is 12.4 Å². The van der Waals surface area contributed by atoms with Crippen molar-refractivity contribution in [2.45, 2.75) is 46.1 Å². The number of esters is 1. The van der Waals surface area contributed by atoms with Gasteiger partial charge in [0.15, 0.2) is 0 Å². The monoisotopic (exact) mass is 326 g/mol. The molecule has 3 heteroatoms. The molecule has 0 aliphatic rings. The number of carbonyl (C=O) groups excluding carboxylic acids is 1.